The zero-order valence-corrected chi connectivity index (χ0v) is 11.4. The molecule has 0 radical (unpaired) electrons. The Labute approximate surface area is 111 Å². The number of rotatable bonds is 5. The second kappa shape index (κ2) is 4.51. The minimum Gasteiger partial charge on any atom is -0.481 e. The Balaban J connectivity index is 1.87. The molecule has 0 aromatic heterocycles. The third kappa shape index (κ3) is 2.72. The van der Waals surface area contributed by atoms with Crippen LogP contribution in [0.4, 0.5) is 0 Å². The molecule has 6 heteroatoms. The fourth-order valence-electron chi connectivity index (χ4n) is 2.51. The lowest BCUT2D eigenvalue weighted by molar-refractivity contribution is -0.140. The first-order valence-corrected chi connectivity index (χ1v) is 6.58. The predicted octanol–water partition coefficient (Wildman–Crippen LogP) is 0.127. The van der Waals surface area contributed by atoms with Gasteiger partial charge in [-0.15, -0.1) is 0 Å². The zero-order chi connectivity index (χ0) is 14.4. The zero-order valence-electron chi connectivity index (χ0n) is 11.4. The van der Waals surface area contributed by atoms with Crippen LogP contribution >= 0.6 is 0 Å². The molecular formula is C13H20N2O4. The minimum atomic E-state index is -0.958. The average Bonchev–Trinajstić information content (AvgIpc) is 3.15. The first kappa shape index (κ1) is 13.8. The van der Waals surface area contributed by atoms with Gasteiger partial charge in [-0.05, 0) is 25.2 Å². The van der Waals surface area contributed by atoms with Crippen LogP contribution in [0.15, 0.2) is 0 Å². The minimum absolute atomic E-state index is 0.207. The molecule has 2 amide bonds. The van der Waals surface area contributed by atoms with Gasteiger partial charge in [-0.3, -0.25) is 14.4 Å². The van der Waals surface area contributed by atoms with Gasteiger partial charge in [0.25, 0.3) is 0 Å². The van der Waals surface area contributed by atoms with Crippen LogP contribution < -0.4 is 10.6 Å². The van der Waals surface area contributed by atoms with E-state index in [2.05, 4.69) is 10.6 Å². The van der Waals surface area contributed by atoms with E-state index < -0.39 is 29.3 Å². The van der Waals surface area contributed by atoms with Crippen molar-refractivity contribution in [1.29, 1.82) is 0 Å². The first-order chi connectivity index (χ1) is 8.75. The molecular weight excluding hydrogens is 248 g/mol. The van der Waals surface area contributed by atoms with Crippen molar-refractivity contribution < 1.29 is 19.5 Å². The summed E-state index contributed by atoms with van der Waals surface area (Å²) in [7, 11) is 0. The molecule has 2 aliphatic rings. The van der Waals surface area contributed by atoms with Gasteiger partial charge in [-0.2, -0.15) is 0 Å². The second-order valence-corrected chi connectivity index (χ2v) is 6.13. The van der Waals surface area contributed by atoms with Crippen LogP contribution in [-0.4, -0.2) is 35.0 Å². The predicted molar refractivity (Wildman–Crippen MR) is 67.2 cm³/mol. The third-order valence-electron chi connectivity index (χ3n) is 4.05. The third-order valence-corrected chi connectivity index (χ3v) is 4.05. The van der Waals surface area contributed by atoms with Crippen molar-refractivity contribution in [2.45, 2.75) is 45.7 Å². The van der Waals surface area contributed by atoms with E-state index in [1.54, 1.807) is 20.8 Å². The van der Waals surface area contributed by atoms with Crippen LogP contribution in [0.5, 0.6) is 0 Å². The molecule has 0 heterocycles. The van der Waals surface area contributed by atoms with Gasteiger partial charge in [-0.25, -0.2) is 0 Å². The Morgan fingerprint density at radius 2 is 1.79 bits per heavy atom. The highest BCUT2D eigenvalue weighted by atomic mass is 16.4. The standard InChI is InChI=1S/C13H20N2O4/c1-6(10(16)15-7-4-5-7)14-11(17)8-9(12(18)19)13(8,2)3/h6-9H,4-5H2,1-3H3,(H,14,17)(H,15,16)(H,18,19)/t6?,8-,9+/m1/s1. The Morgan fingerprint density at radius 1 is 1.21 bits per heavy atom. The molecule has 0 bridgehead atoms. The molecule has 0 aromatic rings. The molecule has 106 valence electrons. The fourth-order valence-corrected chi connectivity index (χ4v) is 2.51. The average molecular weight is 268 g/mol. The normalized spacial score (nSPS) is 29.2. The number of carbonyl (C=O) groups excluding carboxylic acids is 2. The Bertz CT molecular complexity index is 428. The lowest BCUT2D eigenvalue weighted by Crippen LogP contribution is -2.46. The monoisotopic (exact) mass is 268 g/mol. The molecule has 0 aromatic carbocycles. The summed E-state index contributed by atoms with van der Waals surface area (Å²) < 4.78 is 0. The lowest BCUT2D eigenvalue weighted by Gasteiger charge is -2.14. The van der Waals surface area contributed by atoms with Crippen molar-refractivity contribution in [2.75, 3.05) is 0 Å². The van der Waals surface area contributed by atoms with E-state index in [1.807, 2.05) is 0 Å². The van der Waals surface area contributed by atoms with Crippen LogP contribution in [-0.2, 0) is 14.4 Å². The summed E-state index contributed by atoms with van der Waals surface area (Å²) >= 11 is 0. The molecule has 0 saturated heterocycles. The van der Waals surface area contributed by atoms with E-state index in [0.29, 0.717) is 0 Å². The van der Waals surface area contributed by atoms with Crippen molar-refractivity contribution >= 4 is 17.8 Å². The molecule has 0 aliphatic heterocycles. The van der Waals surface area contributed by atoms with Gasteiger partial charge in [0.2, 0.25) is 11.8 Å². The summed E-state index contributed by atoms with van der Waals surface area (Å²) in [6.07, 6.45) is 1.98. The summed E-state index contributed by atoms with van der Waals surface area (Å²) in [5.41, 5.74) is -0.539. The fraction of sp³-hybridized carbons (Fsp3) is 0.769. The van der Waals surface area contributed by atoms with Crippen molar-refractivity contribution in [3.05, 3.63) is 0 Å². The van der Waals surface area contributed by atoms with Crippen LogP contribution in [0.2, 0.25) is 0 Å². The maximum Gasteiger partial charge on any atom is 0.307 e. The molecule has 2 aliphatic carbocycles. The molecule has 2 saturated carbocycles. The van der Waals surface area contributed by atoms with E-state index in [0.717, 1.165) is 12.8 Å². The highest BCUT2D eigenvalue weighted by Crippen LogP contribution is 2.58. The van der Waals surface area contributed by atoms with Crippen molar-refractivity contribution in [3.63, 3.8) is 0 Å². The number of carboxylic acid groups (broad SMARTS) is 1. The molecule has 3 atom stereocenters. The van der Waals surface area contributed by atoms with Crippen LogP contribution in [0, 0.1) is 17.3 Å². The second-order valence-electron chi connectivity index (χ2n) is 6.13. The molecule has 19 heavy (non-hydrogen) atoms. The number of hydrogen-bond acceptors (Lipinski definition) is 3. The van der Waals surface area contributed by atoms with Gasteiger partial charge in [0.05, 0.1) is 11.8 Å². The van der Waals surface area contributed by atoms with E-state index >= 15 is 0 Å². The molecule has 2 fully saturated rings. The van der Waals surface area contributed by atoms with Crippen LogP contribution in [0.25, 0.3) is 0 Å². The van der Waals surface area contributed by atoms with E-state index in [9.17, 15) is 14.4 Å². The Morgan fingerprint density at radius 3 is 2.21 bits per heavy atom. The summed E-state index contributed by atoms with van der Waals surface area (Å²) in [4.78, 5) is 34.7. The Hall–Kier alpha value is -1.59. The number of hydrogen-bond donors (Lipinski definition) is 3. The van der Waals surface area contributed by atoms with Gasteiger partial charge in [-0.1, -0.05) is 13.8 Å². The van der Waals surface area contributed by atoms with Crippen molar-refractivity contribution in [1.82, 2.24) is 10.6 Å². The molecule has 2 rings (SSSR count). The van der Waals surface area contributed by atoms with E-state index in [4.69, 9.17) is 5.11 Å². The number of carbonyl (C=O) groups is 3. The summed E-state index contributed by atoms with van der Waals surface area (Å²) in [5, 5.41) is 14.4. The summed E-state index contributed by atoms with van der Waals surface area (Å²) in [6.45, 7) is 5.12. The lowest BCUT2D eigenvalue weighted by atomic mass is 10.1. The number of amides is 2. The van der Waals surface area contributed by atoms with Gasteiger partial charge in [0, 0.05) is 6.04 Å². The Kier molecular flexibility index (Phi) is 3.28. The highest BCUT2D eigenvalue weighted by molar-refractivity contribution is 5.94. The molecule has 6 nitrogen and oxygen atoms in total. The van der Waals surface area contributed by atoms with Crippen molar-refractivity contribution in [3.8, 4) is 0 Å². The molecule has 0 spiro atoms. The van der Waals surface area contributed by atoms with E-state index in [-0.39, 0.29) is 17.9 Å². The maximum atomic E-state index is 12.0. The highest BCUT2D eigenvalue weighted by Gasteiger charge is 2.66. The van der Waals surface area contributed by atoms with Crippen molar-refractivity contribution in [2.24, 2.45) is 17.3 Å². The molecule has 3 N–H and O–H groups in total. The van der Waals surface area contributed by atoms with Crippen LogP contribution in [0.1, 0.15) is 33.6 Å². The number of nitrogens with one attached hydrogen (secondary N) is 2. The maximum absolute atomic E-state index is 12.0. The van der Waals surface area contributed by atoms with Gasteiger partial charge >= 0.3 is 5.97 Å². The summed E-state index contributed by atoms with van der Waals surface area (Å²) in [6, 6.07) is -0.380. The SMILES string of the molecule is CC(NC(=O)[C@H]1[C@@H](C(=O)O)C1(C)C)C(=O)NC1CC1. The number of aliphatic carboxylic acids is 1. The molecule has 1 unspecified atom stereocenters. The smallest absolute Gasteiger partial charge is 0.307 e. The first-order valence-electron chi connectivity index (χ1n) is 6.58. The quantitative estimate of drug-likeness (QED) is 0.660. The van der Waals surface area contributed by atoms with Gasteiger partial charge in [0.15, 0.2) is 0 Å². The summed E-state index contributed by atoms with van der Waals surface area (Å²) in [5.74, 6) is -2.73. The van der Waals surface area contributed by atoms with E-state index in [1.165, 1.54) is 0 Å². The van der Waals surface area contributed by atoms with Gasteiger partial charge in [0.1, 0.15) is 6.04 Å². The topological polar surface area (TPSA) is 95.5 Å². The number of carboxylic acids is 1. The van der Waals surface area contributed by atoms with Gasteiger partial charge < -0.3 is 15.7 Å². The van der Waals surface area contributed by atoms with Crippen LogP contribution in [0.3, 0.4) is 0 Å². The largest absolute Gasteiger partial charge is 0.481 e.